The van der Waals surface area contributed by atoms with Gasteiger partial charge in [0, 0.05) is 50.1 Å². The molecule has 1 aliphatic rings. The van der Waals surface area contributed by atoms with E-state index in [1.165, 1.54) is 32.4 Å². The van der Waals surface area contributed by atoms with Crippen LogP contribution in [0, 0.1) is 11.8 Å². The second-order valence-corrected chi connectivity index (χ2v) is 12.7. The Morgan fingerprint density at radius 1 is 1.16 bits per heavy atom. The predicted molar refractivity (Wildman–Crippen MR) is 161 cm³/mol. The lowest BCUT2D eigenvalue weighted by Crippen LogP contribution is -2.50. The molecule has 0 spiro atoms. The topological polar surface area (TPSA) is 105 Å². The van der Waals surface area contributed by atoms with E-state index >= 15 is 4.39 Å². The molecule has 2 aromatic carbocycles. The Balaban J connectivity index is 1.54. The molecule has 3 aromatic rings. The molecule has 240 valence electrons. The molecule has 0 radical (unpaired) electrons. The number of alkyl halides is 4. The lowest BCUT2D eigenvalue weighted by Gasteiger charge is -2.36. The molecule has 0 saturated carbocycles. The minimum Gasteiger partial charge on any atom is -0.495 e. The predicted octanol–water partition coefficient (Wildman–Crippen LogP) is 3.91. The van der Waals surface area contributed by atoms with Gasteiger partial charge in [0.2, 0.25) is 0 Å². The van der Waals surface area contributed by atoms with E-state index in [9.17, 15) is 26.7 Å². The standard InChI is InChI=1S/C30H36F4N4O5S/c1-42-18-21(39)16-37-13-11-26(24(31)17-37)36-25-7-4-8-28-23(25)14-20(38(28)19-30(32,33)34)6-5-12-35-27-10-9-22(44(3,40)41)15-29(27)43-2/h4,7-10,14-15,21,24,26,35-36,39H,11-13,16-19H2,1-3H3. The number of aliphatic hydroxyl groups is 1. The number of likely N-dealkylation sites (tertiary alicyclic amines) is 1. The van der Waals surface area contributed by atoms with E-state index in [4.69, 9.17) is 9.47 Å². The average Bonchev–Trinajstić information content (AvgIpc) is 3.28. The lowest BCUT2D eigenvalue weighted by atomic mass is 10.0. The van der Waals surface area contributed by atoms with Gasteiger partial charge in [-0.05, 0) is 42.7 Å². The zero-order chi connectivity index (χ0) is 32.1. The number of piperidine rings is 1. The molecule has 0 aliphatic carbocycles. The van der Waals surface area contributed by atoms with E-state index in [1.807, 2.05) is 4.90 Å². The van der Waals surface area contributed by atoms with Crippen LogP contribution in [-0.2, 0) is 21.1 Å². The van der Waals surface area contributed by atoms with E-state index in [1.54, 1.807) is 24.3 Å². The molecule has 1 aromatic heterocycles. The van der Waals surface area contributed by atoms with Crippen molar-refractivity contribution >= 4 is 32.1 Å². The van der Waals surface area contributed by atoms with E-state index < -0.39 is 40.9 Å². The van der Waals surface area contributed by atoms with Crippen molar-refractivity contribution < 1.29 is 40.6 Å². The summed E-state index contributed by atoms with van der Waals surface area (Å²) in [5.74, 6) is 5.92. The molecule has 1 aliphatic heterocycles. The molecule has 3 N–H and O–H groups in total. The number of hydrogen-bond donors (Lipinski definition) is 3. The molecular weight excluding hydrogens is 604 g/mol. The number of anilines is 2. The van der Waals surface area contributed by atoms with Crippen molar-refractivity contribution in [2.24, 2.45) is 0 Å². The lowest BCUT2D eigenvalue weighted by molar-refractivity contribution is -0.140. The first kappa shape index (κ1) is 33.4. The van der Waals surface area contributed by atoms with Gasteiger partial charge in [0.15, 0.2) is 9.84 Å². The number of β-amino-alcohol motifs (C(OH)–C–C–N with tert-alkyl or cyclic N) is 1. The fourth-order valence-corrected chi connectivity index (χ4v) is 5.86. The van der Waals surface area contributed by atoms with Gasteiger partial charge in [0.05, 0.1) is 54.2 Å². The Bertz CT molecular complexity index is 1620. The molecule has 0 bridgehead atoms. The van der Waals surface area contributed by atoms with Crippen LogP contribution in [0.4, 0.5) is 28.9 Å². The monoisotopic (exact) mass is 640 g/mol. The number of fused-ring (bicyclic) bond motifs is 1. The van der Waals surface area contributed by atoms with E-state index in [-0.39, 0.29) is 42.6 Å². The van der Waals surface area contributed by atoms with Gasteiger partial charge in [-0.25, -0.2) is 12.8 Å². The Labute approximate surface area is 254 Å². The van der Waals surface area contributed by atoms with Gasteiger partial charge in [-0.2, -0.15) is 13.2 Å². The highest BCUT2D eigenvalue weighted by atomic mass is 32.2. The van der Waals surface area contributed by atoms with Crippen LogP contribution in [0.2, 0.25) is 0 Å². The molecular formula is C30H36F4N4O5S. The summed E-state index contributed by atoms with van der Waals surface area (Å²) < 4.78 is 90.9. The maximum atomic E-state index is 15.2. The van der Waals surface area contributed by atoms with Crippen LogP contribution in [0.1, 0.15) is 12.1 Å². The van der Waals surface area contributed by atoms with Crippen LogP contribution in [0.25, 0.3) is 10.9 Å². The highest BCUT2D eigenvalue weighted by Crippen LogP contribution is 2.32. The first-order valence-corrected chi connectivity index (χ1v) is 15.8. The second-order valence-electron chi connectivity index (χ2n) is 10.7. The number of rotatable bonds is 11. The number of nitrogens with zero attached hydrogens (tertiary/aromatic N) is 2. The van der Waals surface area contributed by atoms with Crippen LogP contribution >= 0.6 is 0 Å². The van der Waals surface area contributed by atoms with Gasteiger partial charge in [-0.15, -0.1) is 0 Å². The maximum absolute atomic E-state index is 15.2. The SMILES string of the molecule is COCC(O)CN1CCC(Nc2cccc3c2cc(C#CCNc2ccc(S(C)(=O)=O)cc2OC)n3CC(F)(F)F)C(F)C1. The molecule has 3 atom stereocenters. The highest BCUT2D eigenvalue weighted by Gasteiger charge is 2.32. The van der Waals surface area contributed by atoms with E-state index in [0.717, 1.165) is 10.8 Å². The normalized spacial score (nSPS) is 18.5. The quantitative estimate of drug-likeness (QED) is 0.214. The number of methoxy groups -OCH3 is 2. The summed E-state index contributed by atoms with van der Waals surface area (Å²) in [7, 11) is -0.571. The van der Waals surface area contributed by atoms with Crippen molar-refractivity contribution in [1.82, 2.24) is 9.47 Å². The summed E-state index contributed by atoms with van der Waals surface area (Å²) in [6, 6.07) is 10.2. The van der Waals surface area contributed by atoms with Gasteiger partial charge in [-0.3, -0.25) is 4.90 Å². The Morgan fingerprint density at radius 3 is 2.59 bits per heavy atom. The van der Waals surface area contributed by atoms with Crippen molar-refractivity contribution in [2.75, 3.05) is 63.9 Å². The summed E-state index contributed by atoms with van der Waals surface area (Å²) in [5, 5.41) is 16.7. The summed E-state index contributed by atoms with van der Waals surface area (Å²) in [6.45, 7) is -0.141. The zero-order valence-corrected chi connectivity index (χ0v) is 25.4. The number of sulfone groups is 1. The highest BCUT2D eigenvalue weighted by molar-refractivity contribution is 7.90. The van der Waals surface area contributed by atoms with Gasteiger partial charge in [0.25, 0.3) is 0 Å². The summed E-state index contributed by atoms with van der Waals surface area (Å²) in [6.07, 6.45) is -4.98. The van der Waals surface area contributed by atoms with Crippen molar-refractivity contribution in [3.8, 4) is 17.6 Å². The third-order valence-corrected chi connectivity index (χ3v) is 8.37. The minimum atomic E-state index is -4.51. The van der Waals surface area contributed by atoms with E-state index in [2.05, 4.69) is 22.5 Å². The summed E-state index contributed by atoms with van der Waals surface area (Å²) in [5.41, 5.74) is 1.40. The fourth-order valence-electron chi connectivity index (χ4n) is 5.22. The number of ether oxygens (including phenoxy) is 2. The number of benzene rings is 2. The van der Waals surface area contributed by atoms with Crippen LogP contribution < -0.4 is 15.4 Å². The molecule has 9 nitrogen and oxygen atoms in total. The Kier molecular flexibility index (Phi) is 10.7. The largest absolute Gasteiger partial charge is 0.495 e. The van der Waals surface area contributed by atoms with Crippen LogP contribution in [0.3, 0.4) is 0 Å². The number of nitrogens with one attached hydrogen (secondary N) is 2. The summed E-state index contributed by atoms with van der Waals surface area (Å²) >= 11 is 0. The van der Waals surface area contributed by atoms with Crippen molar-refractivity contribution in [3.63, 3.8) is 0 Å². The third kappa shape index (κ3) is 8.56. The van der Waals surface area contributed by atoms with E-state index in [0.29, 0.717) is 35.2 Å². The van der Waals surface area contributed by atoms with Crippen LogP contribution in [0.5, 0.6) is 5.75 Å². The number of aromatic nitrogens is 1. The Morgan fingerprint density at radius 2 is 1.93 bits per heavy atom. The molecule has 44 heavy (non-hydrogen) atoms. The van der Waals surface area contributed by atoms with Gasteiger partial charge in [-0.1, -0.05) is 12.0 Å². The maximum Gasteiger partial charge on any atom is 0.406 e. The first-order chi connectivity index (χ1) is 20.8. The fraction of sp³-hybridized carbons (Fsp3) is 0.467. The van der Waals surface area contributed by atoms with Gasteiger partial charge >= 0.3 is 6.18 Å². The molecule has 0 amide bonds. The first-order valence-electron chi connectivity index (χ1n) is 13.9. The number of hydrogen-bond acceptors (Lipinski definition) is 8. The minimum absolute atomic E-state index is 0.0361. The van der Waals surface area contributed by atoms with Crippen LogP contribution in [-0.4, -0.2) is 101 Å². The molecule has 1 fully saturated rings. The van der Waals surface area contributed by atoms with Gasteiger partial charge in [0.1, 0.15) is 18.5 Å². The van der Waals surface area contributed by atoms with Crippen molar-refractivity contribution in [1.29, 1.82) is 0 Å². The average molecular weight is 641 g/mol. The third-order valence-electron chi connectivity index (χ3n) is 7.26. The van der Waals surface area contributed by atoms with Gasteiger partial charge < -0.3 is 29.8 Å². The molecule has 4 rings (SSSR count). The Hall–Kier alpha value is -3.51. The summed E-state index contributed by atoms with van der Waals surface area (Å²) in [4.78, 5) is 1.90. The number of halogens is 4. The van der Waals surface area contributed by atoms with Crippen molar-refractivity contribution in [2.45, 2.75) is 42.4 Å². The molecule has 3 unspecified atom stereocenters. The van der Waals surface area contributed by atoms with Crippen LogP contribution in [0.15, 0.2) is 47.4 Å². The molecule has 14 heteroatoms. The zero-order valence-electron chi connectivity index (χ0n) is 24.6. The molecule has 1 saturated heterocycles. The second kappa shape index (κ2) is 14.1. The smallest absolute Gasteiger partial charge is 0.406 e. The van der Waals surface area contributed by atoms with Crippen molar-refractivity contribution in [3.05, 3.63) is 48.2 Å². The molecule has 2 heterocycles. The number of aliphatic hydroxyl groups excluding tert-OH is 1.